The zero-order valence-corrected chi connectivity index (χ0v) is 13.1. The average molecular weight is 334 g/mol. The molecule has 1 atom stereocenters. The minimum absolute atomic E-state index is 0.0513. The van der Waals surface area contributed by atoms with Crippen LogP contribution in [-0.4, -0.2) is 0 Å². The van der Waals surface area contributed by atoms with Crippen LogP contribution in [0.1, 0.15) is 30.3 Å². The van der Waals surface area contributed by atoms with E-state index in [1.807, 2.05) is 31.4 Å². The predicted molar refractivity (Wildman–Crippen MR) is 82.0 cm³/mol. The Labute approximate surface area is 130 Å². The predicted octanol–water partition coefficient (Wildman–Crippen LogP) is 6.23. The summed E-state index contributed by atoms with van der Waals surface area (Å²) < 4.78 is 38.5. The Balaban J connectivity index is 2.31. The largest absolute Gasteiger partial charge is 0.416 e. The van der Waals surface area contributed by atoms with Gasteiger partial charge in [-0.2, -0.15) is 13.2 Å². The summed E-state index contributed by atoms with van der Waals surface area (Å²) in [6.45, 7) is 4.04. The Kier molecular flexibility index (Phi) is 4.84. The molecule has 1 aromatic heterocycles. The highest BCUT2D eigenvalue weighted by atomic mass is 35.5. The summed E-state index contributed by atoms with van der Waals surface area (Å²) in [5.41, 5.74) is -0.367. The number of nitrogens with one attached hydrogen (secondary N) is 1. The minimum atomic E-state index is -4.41. The number of hydrogen-bond acceptors (Lipinski definition) is 2. The maximum absolute atomic E-state index is 12.8. The van der Waals surface area contributed by atoms with Gasteiger partial charge < -0.3 is 5.32 Å². The Morgan fingerprint density at radius 2 is 1.90 bits per heavy atom. The molecule has 0 spiro atoms. The number of thiophene rings is 1. The summed E-state index contributed by atoms with van der Waals surface area (Å²) in [7, 11) is 0. The van der Waals surface area contributed by atoms with Crippen LogP contribution >= 0.6 is 22.9 Å². The second-order valence-electron chi connectivity index (χ2n) is 5.11. The highest BCUT2D eigenvalue weighted by Gasteiger charge is 2.31. The molecule has 2 aromatic rings. The summed E-state index contributed by atoms with van der Waals surface area (Å²) in [5.74, 6) is 0.233. The fourth-order valence-corrected chi connectivity index (χ4v) is 3.23. The summed E-state index contributed by atoms with van der Waals surface area (Å²) in [4.78, 5) is 1.08. The summed E-state index contributed by atoms with van der Waals surface area (Å²) in [6.07, 6.45) is -4.41. The van der Waals surface area contributed by atoms with Crippen molar-refractivity contribution in [3.05, 3.63) is 51.2 Å². The number of halogens is 4. The van der Waals surface area contributed by atoms with E-state index in [9.17, 15) is 13.2 Å². The van der Waals surface area contributed by atoms with Crippen LogP contribution in [0.4, 0.5) is 18.9 Å². The van der Waals surface area contributed by atoms with Crippen molar-refractivity contribution in [2.24, 2.45) is 5.92 Å². The van der Waals surface area contributed by atoms with E-state index in [-0.39, 0.29) is 17.0 Å². The highest BCUT2D eigenvalue weighted by molar-refractivity contribution is 7.10. The molecule has 0 aliphatic heterocycles. The second-order valence-corrected chi connectivity index (χ2v) is 6.52. The molecular formula is C15H15ClF3NS. The van der Waals surface area contributed by atoms with Crippen LogP contribution in [0.3, 0.4) is 0 Å². The van der Waals surface area contributed by atoms with E-state index in [2.05, 4.69) is 5.32 Å². The van der Waals surface area contributed by atoms with Gasteiger partial charge in [0.1, 0.15) is 0 Å². The molecule has 0 aliphatic carbocycles. The Hall–Kier alpha value is -1.20. The Morgan fingerprint density at radius 1 is 1.19 bits per heavy atom. The molecule has 1 nitrogen and oxygen atoms in total. The minimum Gasteiger partial charge on any atom is -0.377 e. The third-order valence-electron chi connectivity index (χ3n) is 3.06. The van der Waals surface area contributed by atoms with Gasteiger partial charge >= 0.3 is 6.18 Å². The van der Waals surface area contributed by atoms with Crippen molar-refractivity contribution in [3.8, 4) is 0 Å². The summed E-state index contributed by atoms with van der Waals surface area (Å²) in [5, 5.41) is 5.18. The van der Waals surface area contributed by atoms with Gasteiger partial charge in [0.25, 0.3) is 0 Å². The molecule has 1 N–H and O–H groups in total. The van der Waals surface area contributed by atoms with E-state index in [0.29, 0.717) is 5.69 Å². The van der Waals surface area contributed by atoms with Gasteiger partial charge in [-0.1, -0.05) is 31.5 Å². The third kappa shape index (κ3) is 4.14. The lowest BCUT2D eigenvalue weighted by Crippen LogP contribution is -2.16. The van der Waals surface area contributed by atoms with Crippen LogP contribution < -0.4 is 5.32 Å². The molecule has 2 rings (SSSR count). The van der Waals surface area contributed by atoms with Gasteiger partial charge in [0.15, 0.2) is 0 Å². The van der Waals surface area contributed by atoms with Crippen molar-refractivity contribution in [1.82, 2.24) is 0 Å². The normalized spacial score (nSPS) is 13.5. The molecule has 0 aliphatic rings. The van der Waals surface area contributed by atoms with Crippen molar-refractivity contribution in [2.75, 3.05) is 5.32 Å². The first-order valence-corrected chi connectivity index (χ1v) is 7.71. The highest BCUT2D eigenvalue weighted by Crippen LogP contribution is 2.35. The van der Waals surface area contributed by atoms with Gasteiger partial charge in [0.2, 0.25) is 0 Å². The third-order valence-corrected chi connectivity index (χ3v) is 4.24. The molecule has 1 unspecified atom stereocenters. The topological polar surface area (TPSA) is 12.0 Å². The first kappa shape index (κ1) is 16.2. The smallest absolute Gasteiger partial charge is 0.377 e. The van der Waals surface area contributed by atoms with E-state index in [1.54, 1.807) is 11.3 Å². The van der Waals surface area contributed by atoms with Crippen molar-refractivity contribution in [1.29, 1.82) is 0 Å². The van der Waals surface area contributed by atoms with Crippen LogP contribution in [0.15, 0.2) is 35.7 Å². The van der Waals surface area contributed by atoms with Crippen molar-refractivity contribution < 1.29 is 13.2 Å². The van der Waals surface area contributed by atoms with Gasteiger partial charge in [-0.05, 0) is 35.6 Å². The Morgan fingerprint density at radius 3 is 2.43 bits per heavy atom. The van der Waals surface area contributed by atoms with Crippen molar-refractivity contribution in [2.45, 2.75) is 26.1 Å². The second kappa shape index (κ2) is 6.28. The van der Waals surface area contributed by atoms with E-state index in [4.69, 9.17) is 11.6 Å². The number of benzene rings is 1. The lowest BCUT2D eigenvalue weighted by molar-refractivity contribution is -0.137. The molecule has 0 radical (unpaired) electrons. The van der Waals surface area contributed by atoms with Gasteiger partial charge in [-0.15, -0.1) is 11.3 Å². The molecule has 1 heterocycles. The first-order valence-electron chi connectivity index (χ1n) is 6.45. The SMILES string of the molecule is CC(C)C(Nc1cc(Cl)cc(C(F)(F)F)c1)c1cccs1. The lowest BCUT2D eigenvalue weighted by atomic mass is 10.0. The summed E-state index contributed by atoms with van der Waals surface area (Å²) >= 11 is 7.38. The van der Waals surface area contributed by atoms with E-state index in [0.717, 1.165) is 17.0 Å². The number of anilines is 1. The molecule has 21 heavy (non-hydrogen) atoms. The van der Waals surface area contributed by atoms with Crippen LogP contribution in [0.2, 0.25) is 5.02 Å². The molecule has 0 saturated carbocycles. The maximum Gasteiger partial charge on any atom is 0.416 e. The van der Waals surface area contributed by atoms with Gasteiger partial charge in [0, 0.05) is 15.6 Å². The number of alkyl halides is 3. The van der Waals surface area contributed by atoms with Crippen LogP contribution in [0.25, 0.3) is 0 Å². The molecule has 6 heteroatoms. The van der Waals surface area contributed by atoms with Crippen LogP contribution in [-0.2, 0) is 6.18 Å². The molecule has 0 amide bonds. The van der Waals surface area contributed by atoms with Gasteiger partial charge in [-0.3, -0.25) is 0 Å². The summed E-state index contributed by atoms with van der Waals surface area (Å²) in [6, 6.07) is 7.38. The van der Waals surface area contributed by atoms with Crippen LogP contribution in [0, 0.1) is 5.92 Å². The molecular weight excluding hydrogens is 319 g/mol. The van der Waals surface area contributed by atoms with Crippen molar-refractivity contribution in [3.63, 3.8) is 0 Å². The zero-order valence-electron chi connectivity index (χ0n) is 11.5. The van der Waals surface area contributed by atoms with Gasteiger partial charge in [0.05, 0.1) is 11.6 Å². The molecule has 0 bridgehead atoms. The van der Waals surface area contributed by atoms with Crippen LogP contribution in [0.5, 0.6) is 0 Å². The fraction of sp³-hybridized carbons (Fsp3) is 0.333. The van der Waals surface area contributed by atoms with E-state index in [1.165, 1.54) is 6.07 Å². The fourth-order valence-electron chi connectivity index (χ4n) is 2.05. The average Bonchev–Trinajstić information content (AvgIpc) is 2.87. The van der Waals surface area contributed by atoms with Gasteiger partial charge in [-0.25, -0.2) is 0 Å². The standard InChI is InChI=1S/C15H15ClF3NS/c1-9(2)14(13-4-3-5-21-13)20-12-7-10(15(17,18)19)6-11(16)8-12/h3-9,14,20H,1-2H3. The molecule has 0 saturated heterocycles. The molecule has 1 aromatic carbocycles. The number of rotatable bonds is 4. The Bertz CT molecular complexity index is 593. The monoisotopic (exact) mass is 333 g/mol. The van der Waals surface area contributed by atoms with Crippen molar-refractivity contribution >= 4 is 28.6 Å². The quantitative estimate of drug-likeness (QED) is 0.699. The number of hydrogen-bond donors (Lipinski definition) is 1. The molecule has 114 valence electrons. The first-order chi connectivity index (χ1) is 9.77. The molecule has 0 fully saturated rings. The lowest BCUT2D eigenvalue weighted by Gasteiger charge is -2.23. The maximum atomic E-state index is 12.8. The zero-order chi connectivity index (χ0) is 15.6. The van der Waals surface area contributed by atoms with E-state index < -0.39 is 11.7 Å². The van der Waals surface area contributed by atoms with E-state index >= 15 is 0 Å².